The van der Waals surface area contributed by atoms with Gasteiger partial charge in [0.05, 0.1) is 30.5 Å². The van der Waals surface area contributed by atoms with Crippen LogP contribution in [0.4, 0.5) is 0 Å². The lowest BCUT2D eigenvalue weighted by Crippen LogP contribution is -2.18. The number of rotatable bonds is 9. The first-order valence-corrected chi connectivity index (χ1v) is 13.7. The number of benzene rings is 4. The quantitative estimate of drug-likeness (QED) is 0.0786. The molecule has 0 saturated carbocycles. The van der Waals surface area contributed by atoms with Crippen LogP contribution in [0.5, 0.6) is 17.2 Å². The van der Waals surface area contributed by atoms with E-state index in [1.165, 1.54) is 6.21 Å². The van der Waals surface area contributed by atoms with Gasteiger partial charge in [0.15, 0.2) is 11.5 Å². The maximum atomic E-state index is 13.3. The summed E-state index contributed by atoms with van der Waals surface area (Å²) in [5.41, 5.74) is 5.90. The second-order valence-electron chi connectivity index (χ2n) is 9.01. The number of halogens is 2. The minimum Gasteiger partial charge on any atom is -0.497 e. The number of hydrazone groups is 1. The summed E-state index contributed by atoms with van der Waals surface area (Å²) in [6, 6.07) is 24.3. The number of ether oxygens (including phenoxy) is 3. The molecule has 1 heterocycles. The molecule has 1 aromatic heterocycles. The lowest BCUT2D eigenvalue weighted by atomic mass is 10.0. The molecule has 1 amide bonds. The van der Waals surface area contributed by atoms with E-state index < -0.39 is 11.9 Å². The van der Waals surface area contributed by atoms with Gasteiger partial charge >= 0.3 is 5.97 Å². The SMILES string of the molecule is CCOc1cc(C=NNC(=O)c2[nH]c3cc(Cl)cc(Cl)c3c2-c2ccccc2)ccc1OC(=O)c1ccc(OC)cc1. The molecule has 0 fully saturated rings. The Hall–Kier alpha value is -4.79. The molecule has 5 aromatic rings. The van der Waals surface area contributed by atoms with E-state index in [4.69, 9.17) is 37.4 Å². The van der Waals surface area contributed by atoms with Gasteiger partial charge in [0, 0.05) is 21.5 Å². The molecular weight excluding hydrogens is 577 g/mol. The molecule has 2 N–H and O–H groups in total. The molecule has 212 valence electrons. The van der Waals surface area contributed by atoms with Crippen molar-refractivity contribution in [3.63, 3.8) is 0 Å². The molecule has 0 unspecified atom stereocenters. The van der Waals surface area contributed by atoms with Crippen LogP contribution in [0.2, 0.25) is 10.0 Å². The van der Waals surface area contributed by atoms with Crippen LogP contribution in [0.15, 0.2) is 90.0 Å². The molecule has 42 heavy (non-hydrogen) atoms. The summed E-state index contributed by atoms with van der Waals surface area (Å²) in [6.45, 7) is 2.17. The second-order valence-corrected chi connectivity index (χ2v) is 9.85. The maximum Gasteiger partial charge on any atom is 0.343 e. The molecule has 8 nitrogen and oxygen atoms in total. The number of methoxy groups -OCH3 is 1. The highest BCUT2D eigenvalue weighted by atomic mass is 35.5. The Balaban J connectivity index is 1.36. The average molecular weight is 602 g/mol. The number of nitrogens with zero attached hydrogens (tertiary/aromatic N) is 1. The Kier molecular flexibility index (Phi) is 8.76. The highest BCUT2D eigenvalue weighted by Crippen LogP contribution is 2.38. The predicted octanol–water partition coefficient (Wildman–Crippen LogP) is 7.53. The summed E-state index contributed by atoms with van der Waals surface area (Å²) in [5.74, 6) is 0.222. The van der Waals surface area contributed by atoms with E-state index in [2.05, 4.69) is 15.5 Å². The number of hydrogen-bond acceptors (Lipinski definition) is 6. The van der Waals surface area contributed by atoms with Crippen LogP contribution in [0.1, 0.15) is 33.3 Å². The van der Waals surface area contributed by atoms with E-state index in [-0.39, 0.29) is 11.4 Å². The lowest BCUT2D eigenvalue weighted by Gasteiger charge is -2.11. The molecule has 0 bridgehead atoms. The fraction of sp³-hybridized carbons (Fsp3) is 0.0938. The Morgan fingerprint density at radius 3 is 2.43 bits per heavy atom. The first-order valence-electron chi connectivity index (χ1n) is 12.9. The van der Waals surface area contributed by atoms with Crippen LogP contribution in [-0.2, 0) is 0 Å². The number of carbonyl (C=O) groups is 2. The van der Waals surface area contributed by atoms with Gasteiger partial charge in [0.2, 0.25) is 0 Å². The topological polar surface area (TPSA) is 102 Å². The number of fused-ring (bicyclic) bond motifs is 1. The van der Waals surface area contributed by atoms with Gasteiger partial charge in [-0.2, -0.15) is 5.10 Å². The van der Waals surface area contributed by atoms with E-state index in [9.17, 15) is 9.59 Å². The maximum absolute atomic E-state index is 13.3. The van der Waals surface area contributed by atoms with Crippen LogP contribution < -0.4 is 19.6 Å². The molecule has 0 aliphatic rings. The van der Waals surface area contributed by atoms with Gasteiger partial charge in [0.1, 0.15) is 11.4 Å². The summed E-state index contributed by atoms with van der Waals surface area (Å²) in [5, 5.41) is 5.69. The van der Waals surface area contributed by atoms with E-state index in [0.717, 1.165) is 5.56 Å². The number of H-pyrrole nitrogens is 1. The molecule has 10 heteroatoms. The van der Waals surface area contributed by atoms with Gasteiger partial charge in [-0.25, -0.2) is 10.2 Å². The number of amides is 1. The summed E-state index contributed by atoms with van der Waals surface area (Å²) in [7, 11) is 1.55. The Morgan fingerprint density at radius 1 is 0.952 bits per heavy atom. The zero-order chi connectivity index (χ0) is 29.6. The third-order valence-corrected chi connectivity index (χ3v) is 6.80. The summed E-state index contributed by atoms with van der Waals surface area (Å²) in [4.78, 5) is 29.1. The van der Waals surface area contributed by atoms with Gasteiger partial charge in [-0.05, 0) is 72.6 Å². The molecule has 4 aromatic carbocycles. The smallest absolute Gasteiger partial charge is 0.343 e. The highest BCUT2D eigenvalue weighted by Gasteiger charge is 2.21. The summed E-state index contributed by atoms with van der Waals surface area (Å²) in [6.07, 6.45) is 1.46. The van der Waals surface area contributed by atoms with Gasteiger partial charge < -0.3 is 19.2 Å². The normalized spacial score (nSPS) is 11.0. The third kappa shape index (κ3) is 6.25. The van der Waals surface area contributed by atoms with Crippen molar-refractivity contribution < 1.29 is 23.8 Å². The monoisotopic (exact) mass is 601 g/mol. The largest absolute Gasteiger partial charge is 0.497 e. The molecule has 0 spiro atoms. The first-order chi connectivity index (χ1) is 20.4. The third-order valence-electron chi connectivity index (χ3n) is 6.28. The van der Waals surface area contributed by atoms with Gasteiger partial charge in [-0.15, -0.1) is 0 Å². The van der Waals surface area contributed by atoms with Gasteiger partial charge in [0.25, 0.3) is 5.91 Å². The molecular formula is C32H25Cl2N3O5. The van der Waals surface area contributed by atoms with Crippen molar-refractivity contribution in [2.24, 2.45) is 5.10 Å². The van der Waals surface area contributed by atoms with Crippen LogP contribution in [0.3, 0.4) is 0 Å². The van der Waals surface area contributed by atoms with Crippen molar-refractivity contribution >= 4 is 52.2 Å². The number of hydrogen-bond donors (Lipinski definition) is 2. The van der Waals surface area contributed by atoms with Crippen LogP contribution >= 0.6 is 23.2 Å². The van der Waals surface area contributed by atoms with Gasteiger partial charge in [-0.1, -0.05) is 53.5 Å². The highest BCUT2D eigenvalue weighted by molar-refractivity contribution is 6.40. The molecule has 0 aliphatic carbocycles. The molecule has 0 aliphatic heterocycles. The summed E-state index contributed by atoms with van der Waals surface area (Å²) >= 11 is 12.7. The minimum atomic E-state index is -0.541. The van der Waals surface area contributed by atoms with E-state index in [0.29, 0.717) is 55.7 Å². The van der Waals surface area contributed by atoms with E-state index >= 15 is 0 Å². The van der Waals surface area contributed by atoms with Crippen molar-refractivity contribution in [3.05, 3.63) is 112 Å². The molecule has 5 rings (SSSR count). The Bertz CT molecular complexity index is 1780. The standard InChI is InChI=1S/C32H25Cl2N3O5/c1-3-41-27-15-19(9-14-26(27)42-32(39)21-10-12-23(40-2)13-11-21)18-35-37-31(38)30-28(20-7-5-4-6-8-20)29-24(34)16-22(33)17-25(29)36-30/h4-18,36H,3H2,1-2H3,(H,37,38). The van der Waals surface area contributed by atoms with Crippen molar-refractivity contribution in [2.75, 3.05) is 13.7 Å². The Morgan fingerprint density at radius 2 is 1.71 bits per heavy atom. The average Bonchev–Trinajstić information content (AvgIpc) is 3.39. The number of aromatic nitrogens is 1. The summed E-state index contributed by atoms with van der Waals surface area (Å²) < 4.78 is 16.4. The number of aromatic amines is 1. The first kappa shape index (κ1) is 28.7. The molecule has 0 saturated heterocycles. The van der Waals surface area contributed by atoms with Gasteiger partial charge in [-0.3, -0.25) is 4.79 Å². The zero-order valence-electron chi connectivity index (χ0n) is 22.6. The molecule has 0 radical (unpaired) electrons. The zero-order valence-corrected chi connectivity index (χ0v) is 24.1. The van der Waals surface area contributed by atoms with Crippen LogP contribution in [0.25, 0.3) is 22.0 Å². The fourth-order valence-electron chi connectivity index (χ4n) is 4.38. The molecule has 0 atom stereocenters. The number of carbonyl (C=O) groups excluding carboxylic acids is 2. The van der Waals surface area contributed by atoms with Crippen molar-refractivity contribution in [1.29, 1.82) is 0 Å². The minimum absolute atomic E-state index is 0.250. The second kappa shape index (κ2) is 12.8. The van der Waals surface area contributed by atoms with Crippen molar-refractivity contribution in [2.45, 2.75) is 6.92 Å². The number of nitrogens with one attached hydrogen (secondary N) is 2. The van der Waals surface area contributed by atoms with Crippen molar-refractivity contribution in [3.8, 4) is 28.4 Å². The fourth-order valence-corrected chi connectivity index (χ4v) is 4.96. The van der Waals surface area contributed by atoms with Crippen LogP contribution in [-0.4, -0.2) is 36.8 Å². The van der Waals surface area contributed by atoms with Crippen molar-refractivity contribution in [1.82, 2.24) is 10.4 Å². The van der Waals surface area contributed by atoms with E-state index in [1.807, 2.05) is 37.3 Å². The predicted molar refractivity (Wildman–Crippen MR) is 164 cm³/mol. The van der Waals surface area contributed by atoms with E-state index in [1.54, 1.807) is 61.7 Å². The Labute approximate surface area is 251 Å². The number of esters is 1. The van der Waals surface area contributed by atoms with Crippen LogP contribution in [0, 0.1) is 0 Å². The lowest BCUT2D eigenvalue weighted by molar-refractivity contribution is 0.0728.